The number of aldehydes is 1. The summed E-state index contributed by atoms with van der Waals surface area (Å²) in [5.41, 5.74) is 0.418. The van der Waals surface area contributed by atoms with Crippen LogP contribution in [0.5, 0.6) is 0 Å². The number of nitrogens with one attached hydrogen (secondary N) is 1. The maximum absolute atomic E-state index is 11.0. The van der Waals surface area contributed by atoms with Gasteiger partial charge >= 0.3 is 5.97 Å². The average molecular weight is 208 g/mol. The van der Waals surface area contributed by atoms with E-state index in [-0.39, 0.29) is 12.5 Å². The molecular weight excluding hydrogens is 196 g/mol. The lowest BCUT2D eigenvalue weighted by atomic mass is 10.3. The standard InChI is InChI=1S/C10H12N2O3/c1-2-15-9(14)6-12-10-8(7-13)4-3-5-11-10/h3-5,7H,2,6H2,1H3,(H,11,12). The Labute approximate surface area is 87.5 Å². The van der Waals surface area contributed by atoms with Crippen LogP contribution >= 0.6 is 0 Å². The molecule has 1 aromatic rings. The highest BCUT2D eigenvalue weighted by molar-refractivity contribution is 5.84. The van der Waals surface area contributed by atoms with E-state index in [1.807, 2.05) is 0 Å². The normalized spacial score (nSPS) is 9.40. The van der Waals surface area contributed by atoms with Crippen LogP contribution in [0, 0.1) is 0 Å². The van der Waals surface area contributed by atoms with E-state index in [1.165, 1.54) is 0 Å². The highest BCUT2D eigenvalue weighted by atomic mass is 16.5. The summed E-state index contributed by atoms with van der Waals surface area (Å²) in [5.74, 6) is 0.0144. The molecule has 0 unspecified atom stereocenters. The molecule has 0 aliphatic carbocycles. The van der Waals surface area contributed by atoms with Crippen molar-refractivity contribution >= 4 is 18.1 Å². The van der Waals surface area contributed by atoms with E-state index in [4.69, 9.17) is 4.74 Å². The molecule has 1 heterocycles. The van der Waals surface area contributed by atoms with Crippen molar-refractivity contribution in [2.24, 2.45) is 0 Å². The molecule has 0 saturated heterocycles. The van der Waals surface area contributed by atoms with Crippen molar-refractivity contribution in [3.05, 3.63) is 23.9 Å². The first-order valence-electron chi connectivity index (χ1n) is 4.57. The minimum absolute atomic E-state index is 0.00565. The fourth-order valence-corrected chi connectivity index (χ4v) is 1.03. The average Bonchev–Trinajstić information content (AvgIpc) is 2.27. The predicted molar refractivity (Wildman–Crippen MR) is 54.7 cm³/mol. The number of pyridine rings is 1. The Hall–Kier alpha value is -1.91. The van der Waals surface area contributed by atoms with Crippen LogP contribution < -0.4 is 5.32 Å². The van der Waals surface area contributed by atoms with Gasteiger partial charge in [-0.3, -0.25) is 9.59 Å². The molecular formula is C10H12N2O3. The minimum atomic E-state index is -0.375. The molecule has 0 spiro atoms. The zero-order valence-corrected chi connectivity index (χ0v) is 8.40. The van der Waals surface area contributed by atoms with Gasteiger partial charge in [-0.2, -0.15) is 0 Å². The van der Waals surface area contributed by atoms with E-state index >= 15 is 0 Å². The van der Waals surface area contributed by atoms with Crippen LogP contribution in [0.25, 0.3) is 0 Å². The van der Waals surface area contributed by atoms with E-state index in [9.17, 15) is 9.59 Å². The van der Waals surface area contributed by atoms with Crippen molar-refractivity contribution in [3.63, 3.8) is 0 Å². The van der Waals surface area contributed by atoms with Crippen LogP contribution in [0.2, 0.25) is 0 Å². The molecule has 15 heavy (non-hydrogen) atoms. The van der Waals surface area contributed by atoms with Gasteiger partial charge < -0.3 is 10.1 Å². The highest BCUT2D eigenvalue weighted by Gasteiger charge is 2.04. The van der Waals surface area contributed by atoms with Crippen LogP contribution in [-0.2, 0) is 9.53 Å². The van der Waals surface area contributed by atoms with E-state index in [1.54, 1.807) is 25.3 Å². The summed E-state index contributed by atoms with van der Waals surface area (Å²) in [6.07, 6.45) is 2.22. The first-order valence-corrected chi connectivity index (χ1v) is 4.57. The molecule has 0 amide bonds. The van der Waals surface area contributed by atoms with Crippen molar-refractivity contribution < 1.29 is 14.3 Å². The minimum Gasteiger partial charge on any atom is -0.465 e. The SMILES string of the molecule is CCOC(=O)CNc1ncccc1C=O. The molecule has 5 nitrogen and oxygen atoms in total. The van der Waals surface area contributed by atoms with Gasteiger partial charge in [-0.05, 0) is 19.1 Å². The molecule has 0 aliphatic rings. The Kier molecular flexibility index (Phi) is 4.28. The Bertz CT molecular complexity index is 352. The number of hydrogen-bond acceptors (Lipinski definition) is 5. The first-order chi connectivity index (χ1) is 7.27. The second-order valence-corrected chi connectivity index (χ2v) is 2.72. The van der Waals surface area contributed by atoms with Gasteiger partial charge in [0.1, 0.15) is 12.4 Å². The molecule has 0 aromatic carbocycles. The lowest BCUT2D eigenvalue weighted by Gasteiger charge is -2.06. The summed E-state index contributed by atoms with van der Waals surface area (Å²) in [6, 6.07) is 3.27. The fourth-order valence-electron chi connectivity index (χ4n) is 1.03. The number of anilines is 1. The Morgan fingerprint density at radius 3 is 3.13 bits per heavy atom. The van der Waals surface area contributed by atoms with E-state index in [2.05, 4.69) is 10.3 Å². The van der Waals surface area contributed by atoms with Gasteiger partial charge in [0.15, 0.2) is 6.29 Å². The summed E-state index contributed by atoms with van der Waals surface area (Å²) in [4.78, 5) is 25.5. The van der Waals surface area contributed by atoms with Gasteiger partial charge in [-0.25, -0.2) is 4.98 Å². The molecule has 0 atom stereocenters. The Balaban J connectivity index is 2.57. The van der Waals surface area contributed by atoms with Crippen molar-refractivity contribution in [3.8, 4) is 0 Å². The molecule has 0 bridgehead atoms. The molecule has 1 aromatic heterocycles. The summed E-state index contributed by atoms with van der Waals surface area (Å²) in [7, 11) is 0. The summed E-state index contributed by atoms with van der Waals surface area (Å²) in [6.45, 7) is 2.07. The van der Waals surface area contributed by atoms with Crippen LogP contribution in [-0.4, -0.2) is 30.4 Å². The van der Waals surface area contributed by atoms with Crippen molar-refractivity contribution in [1.82, 2.24) is 4.98 Å². The zero-order valence-electron chi connectivity index (χ0n) is 8.40. The van der Waals surface area contributed by atoms with Crippen LogP contribution in [0.3, 0.4) is 0 Å². The predicted octanol–water partition coefficient (Wildman–Crippen LogP) is 0.869. The second kappa shape index (κ2) is 5.74. The van der Waals surface area contributed by atoms with Gasteiger partial charge in [-0.15, -0.1) is 0 Å². The van der Waals surface area contributed by atoms with E-state index in [0.29, 0.717) is 24.3 Å². The summed E-state index contributed by atoms with van der Waals surface area (Å²) < 4.78 is 4.72. The Morgan fingerprint density at radius 1 is 1.67 bits per heavy atom. The number of nitrogens with zero attached hydrogens (tertiary/aromatic N) is 1. The molecule has 5 heteroatoms. The molecule has 0 saturated carbocycles. The largest absolute Gasteiger partial charge is 0.465 e. The maximum Gasteiger partial charge on any atom is 0.325 e. The third-order valence-electron chi connectivity index (χ3n) is 1.67. The van der Waals surface area contributed by atoms with Crippen LogP contribution in [0.15, 0.2) is 18.3 Å². The first kappa shape index (κ1) is 11.2. The van der Waals surface area contributed by atoms with E-state index in [0.717, 1.165) is 0 Å². The van der Waals surface area contributed by atoms with Gasteiger partial charge in [0.05, 0.1) is 12.2 Å². The van der Waals surface area contributed by atoms with Gasteiger partial charge in [0.2, 0.25) is 0 Å². The lowest BCUT2D eigenvalue weighted by molar-refractivity contribution is -0.140. The third kappa shape index (κ3) is 3.38. The smallest absolute Gasteiger partial charge is 0.325 e. The number of rotatable bonds is 5. The van der Waals surface area contributed by atoms with Crippen LogP contribution in [0.1, 0.15) is 17.3 Å². The number of esters is 1. The lowest BCUT2D eigenvalue weighted by Crippen LogP contribution is -2.18. The molecule has 1 rings (SSSR count). The van der Waals surface area contributed by atoms with Gasteiger partial charge in [0, 0.05) is 6.20 Å². The quantitative estimate of drug-likeness (QED) is 0.574. The van der Waals surface area contributed by atoms with Crippen molar-refractivity contribution in [1.29, 1.82) is 0 Å². The molecule has 0 radical (unpaired) electrons. The van der Waals surface area contributed by atoms with Crippen molar-refractivity contribution in [2.75, 3.05) is 18.5 Å². The zero-order chi connectivity index (χ0) is 11.1. The van der Waals surface area contributed by atoms with Crippen molar-refractivity contribution in [2.45, 2.75) is 6.92 Å². The highest BCUT2D eigenvalue weighted by Crippen LogP contribution is 2.07. The Morgan fingerprint density at radius 2 is 2.47 bits per heavy atom. The van der Waals surface area contributed by atoms with E-state index < -0.39 is 0 Å². The molecule has 0 fully saturated rings. The number of carbonyl (C=O) groups is 2. The number of carbonyl (C=O) groups excluding carboxylic acids is 2. The van der Waals surface area contributed by atoms with Gasteiger partial charge in [-0.1, -0.05) is 0 Å². The number of aromatic nitrogens is 1. The topological polar surface area (TPSA) is 68.3 Å². The number of ether oxygens (including phenoxy) is 1. The van der Waals surface area contributed by atoms with Crippen LogP contribution in [0.4, 0.5) is 5.82 Å². The molecule has 1 N–H and O–H groups in total. The van der Waals surface area contributed by atoms with Gasteiger partial charge in [0.25, 0.3) is 0 Å². The summed E-state index contributed by atoms with van der Waals surface area (Å²) >= 11 is 0. The fraction of sp³-hybridized carbons (Fsp3) is 0.300. The maximum atomic E-state index is 11.0. The number of hydrogen-bond donors (Lipinski definition) is 1. The summed E-state index contributed by atoms with van der Waals surface area (Å²) in [5, 5.41) is 2.73. The third-order valence-corrected chi connectivity index (χ3v) is 1.67. The molecule has 0 aliphatic heterocycles. The monoisotopic (exact) mass is 208 g/mol. The molecule has 80 valence electrons. The second-order valence-electron chi connectivity index (χ2n) is 2.72.